The minimum absolute atomic E-state index is 0.0125. The van der Waals surface area contributed by atoms with Gasteiger partial charge in [0.25, 0.3) is 17.7 Å². The summed E-state index contributed by atoms with van der Waals surface area (Å²) in [6, 6.07) is 23.5. The second kappa shape index (κ2) is 12.2. The summed E-state index contributed by atoms with van der Waals surface area (Å²) in [5.74, 6) is -0.183. The summed E-state index contributed by atoms with van der Waals surface area (Å²) < 4.78 is 6.09. The zero-order valence-electron chi connectivity index (χ0n) is 23.6. The maximum Gasteiger partial charge on any atom is 0.265 e. The van der Waals surface area contributed by atoms with E-state index in [1.165, 1.54) is 10.6 Å². The van der Waals surface area contributed by atoms with Gasteiger partial charge in [-0.3, -0.25) is 14.4 Å². The van der Waals surface area contributed by atoms with Crippen LogP contribution in [0.1, 0.15) is 63.4 Å². The number of rotatable bonds is 9. The molecule has 1 atom stereocenters. The van der Waals surface area contributed by atoms with E-state index in [0.717, 1.165) is 6.42 Å². The predicted octanol–water partition coefficient (Wildman–Crippen LogP) is 5.90. The molecule has 0 saturated carbocycles. The molecule has 0 spiro atoms. The second-order valence-electron chi connectivity index (χ2n) is 10.8. The number of hydrogen-bond acceptors (Lipinski definition) is 5. The molecule has 0 bridgehead atoms. The highest BCUT2D eigenvalue weighted by atomic mass is 16.5. The van der Waals surface area contributed by atoms with Crippen molar-refractivity contribution in [3.05, 3.63) is 90.0 Å². The number of nitrogens with zero attached hydrogens (tertiary/aromatic N) is 2. The summed E-state index contributed by atoms with van der Waals surface area (Å²) in [6.45, 7) is 10.4. The molecule has 208 valence electrons. The number of para-hydroxylation sites is 1. The Morgan fingerprint density at radius 1 is 0.975 bits per heavy atom. The molecule has 3 aromatic carbocycles. The van der Waals surface area contributed by atoms with E-state index in [4.69, 9.17) is 4.74 Å². The predicted molar refractivity (Wildman–Crippen MR) is 158 cm³/mol. The van der Waals surface area contributed by atoms with Crippen LogP contribution in [-0.2, 0) is 15.0 Å². The number of anilines is 2. The van der Waals surface area contributed by atoms with Gasteiger partial charge in [0.1, 0.15) is 11.6 Å². The Morgan fingerprint density at radius 3 is 2.33 bits per heavy atom. The fourth-order valence-corrected chi connectivity index (χ4v) is 4.25. The van der Waals surface area contributed by atoms with E-state index in [1.807, 2.05) is 56.3 Å². The number of amidine groups is 1. The zero-order chi connectivity index (χ0) is 28.9. The number of amides is 3. The van der Waals surface area contributed by atoms with E-state index >= 15 is 0 Å². The third-order valence-electron chi connectivity index (χ3n) is 7.07. The van der Waals surface area contributed by atoms with Crippen molar-refractivity contribution in [1.29, 1.82) is 0 Å². The fourth-order valence-electron chi connectivity index (χ4n) is 4.25. The van der Waals surface area contributed by atoms with Gasteiger partial charge >= 0.3 is 0 Å². The molecule has 0 aromatic heterocycles. The maximum absolute atomic E-state index is 13.2. The van der Waals surface area contributed by atoms with Gasteiger partial charge in [0.2, 0.25) is 0 Å². The largest absolute Gasteiger partial charge is 0.480 e. The van der Waals surface area contributed by atoms with Crippen LogP contribution in [0.15, 0.2) is 84.0 Å². The van der Waals surface area contributed by atoms with Crippen LogP contribution in [0.25, 0.3) is 0 Å². The summed E-state index contributed by atoms with van der Waals surface area (Å²) in [5.41, 5.74) is 2.68. The molecule has 0 aliphatic carbocycles. The molecule has 0 saturated heterocycles. The summed E-state index contributed by atoms with van der Waals surface area (Å²) >= 11 is 0. The van der Waals surface area contributed by atoms with Crippen LogP contribution in [0.2, 0.25) is 0 Å². The first-order chi connectivity index (χ1) is 19.1. The van der Waals surface area contributed by atoms with Gasteiger partial charge in [0.15, 0.2) is 6.10 Å². The zero-order valence-corrected chi connectivity index (χ0v) is 23.6. The van der Waals surface area contributed by atoms with Crippen molar-refractivity contribution < 1.29 is 19.1 Å². The fraction of sp³-hybridized carbons (Fsp3) is 0.312. The first-order valence-corrected chi connectivity index (χ1v) is 13.5. The smallest absolute Gasteiger partial charge is 0.265 e. The van der Waals surface area contributed by atoms with Gasteiger partial charge in [0.05, 0.1) is 12.1 Å². The Hall–Kier alpha value is -4.46. The van der Waals surface area contributed by atoms with Gasteiger partial charge in [-0.15, -0.1) is 0 Å². The number of hydrogen-bond donors (Lipinski definition) is 2. The SMILES string of the molecule is CCC(C)(C)c1ccc(O[C@H](C(=O)Nc2cccc(C(=O)NC3=NN(c4ccccc4)C(=O)C3)c2)C(C)C)cc1. The Kier molecular flexibility index (Phi) is 8.67. The van der Waals surface area contributed by atoms with Gasteiger partial charge in [-0.05, 0) is 65.8 Å². The molecule has 1 heterocycles. The summed E-state index contributed by atoms with van der Waals surface area (Å²) in [4.78, 5) is 38.5. The molecule has 0 fully saturated rings. The van der Waals surface area contributed by atoms with E-state index in [2.05, 4.69) is 36.5 Å². The Balaban J connectivity index is 1.41. The molecule has 4 rings (SSSR count). The Bertz CT molecular complexity index is 1400. The number of ether oxygens (including phenoxy) is 1. The summed E-state index contributed by atoms with van der Waals surface area (Å²) in [7, 11) is 0. The molecule has 0 radical (unpaired) electrons. The second-order valence-corrected chi connectivity index (χ2v) is 10.8. The van der Waals surface area contributed by atoms with Crippen molar-refractivity contribution in [3.63, 3.8) is 0 Å². The van der Waals surface area contributed by atoms with E-state index in [9.17, 15) is 14.4 Å². The minimum atomic E-state index is -0.731. The van der Waals surface area contributed by atoms with E-state index in [0.29, 0.717) is 22.7 Å². The van der Waals surface area contributed by atoms with Crippen LogP contribution in [0.4, 0.5) is 11.4 Å². The highest BCUT2D eigenvalue weighted by Gasteiger charge is 2.28. The normalized spacial score (nSPS) is 14.1. The Morgan fingerprint density at radius 2 is 1.68 bits per heavy atom. The van der Waals surface area contributed by atoms with E-state index < -0.39 is 12.0 Å². The number of benzene rings is 3. The third kappa shape index (κ3) is 6.75. The lowest BCUT2D eigenvalue weighted by atomic mass is 9.82. The standard InChI is InChI=1S/C32H36N4O4/c1-6-32(4,5)23-15-17-26(18-16-23)40-29(21(2)3)31(39)33-24-12-10-11-22(19-24)30(38)34-27-20-28(37)36(35-27)25-13-8-7-9-14-25/h7-19,21,29H,6,20H2,1-5H3,(H,33,39)(H,34,35,38)/t29-/m0/s1. The van der Waals surface area contributed by atoms with Crippen LogP contribution in [0.3, 0.4) is 0 Å². The van der Waals surface area contributed by atoms with Crippen molar-refractivity contribution in [1.82, 2.24) is 5.32 Å². The molecule has 8 heteroatoms. The molecular formula is C32H36N4O4. The van der Waals surface area contributed by atoms with Crippen molar-refractivity contribution in [2.75, 3.05) is 10.3 Å². The number of carbonyl (C=O) groups is 3. The summed E-state index contributed by atoms with van der Waals surface area (Å²) in [6.07, 6.45) is 0.270. The van der Waals surface area contributed by atoms with Crippen molar-refractivity contribution in [3.8, 4) is 5.75 Å². The minimum Gasteiger partial charge on any atom is -0.480 e. The molecule has 2 N–H and O–H groups in total. The van der Waals surface area contributed by atoms with Crippen LogP contribution >= 0.6 is 0 Å². The highest BCUT2D eigenvalue weighted by molar-refractivity contribution is 6.18. The van der Waals surface area contributed by atoms with Crippen LogP contribution in [0.5, 0.6) is 5.75 Å². The summed E-state index contributed by atoms with van der Waals surface area (Å²) in [5, 5.41) is 11.1. The maximum atomic E-state index is 13.2. The Labute approximate surface area is 235 Å². The molecule has 40 heavy (non-hydrogen) atoms. The van der Waals surface area contributed by atoms with Crippen LogP contribution < -0.4 is 20.4 Å². The van der Waals surface area contributed by atoms with Crippen molar-refractivity contribution in [2.45, 2.75) is 59.0 Å². The lowest BCUT2D eigenvalue weighted by Gasteiger charge is -2.25. The van der Waals surface area contributed by atoms with Crippen LogP contribution in [0, 0.1) is 5.92 Å². The van der Waals surface area contributed by atoms with E-state index in [-0.39, 0.29) is 35.4 Å². The quantitative estimate of drug-likeness (QED) is 0.353. The average molecular weight is 541 g/mol. The molecule has 3 amide bonds. The molecular weight excluding hydrogens is 504 g/mol. The van der Waals surface area contributed by atoms with Crippen molar-refractivity contribution in [2.24, 2.45) is 11.0 Å². The van der Waals surface area contributed by atoms with Gasteiger partial charge in [-0.2, -0.15) is 10.1 Å². The van der Waals surface area contributed by atoms with Gasteiger partial charge < -0.3 is 15.4 Å². The van der Waals surface area contributed by atoms with Gasteiger partial charge in [-0.25, -0.2) is 0 Å². The van der Waals surface area contributed by atoms with Gasteiger partial charge in [0, 0.05) is 11.3 Å². The highest BCUT2D eigenvalue weighted by Crippen LogP contribution is 2.29. The number of hydrazone groups is 1. The van der Waals surface area contributed by atoms with E-state index in [1.54, 1.807) is 36.4 Å². The van der Waals surface area contributed by atoms with Gasteiger partial charge in [-0.1, -0.05) is 71.0 Å². The van der Waals surface area contributed by atoms with Crippen LogP contribution in [-0.4, -0.2) is 29.7 Å². The lowest BCUT2D eigenvalue weighted by molar-refractivity contribution is -0.124. The first-order valence-electron chi connectivity index (χ1n) is 13.5. The monoisotopic (exact) mass is 540 g/mol. The number of nitrogens with one attached hydrogen (secondary N) is 2. The third-order valence-corrected chi connectivity index (χ3v) is 7.07. The molecule has 1 aliphatic rings. The molecule has 3 aromatic rings. The topological polar surface area (TPSA) is 100 Å². The first kappa shape index (κ1) is 28.5. The van der Waals surface area contributed by atoms with Crippen molar-refractivity contribution >= 4 is 34.9 Å². The lowest BCUT2D eigenvalue weighted by Crippen LogP contribution is -2.37. The average Bonchev–Trinajstić information content (AvgIpc) is 3.31. The molecule has 1 aliphatic heterocycles. The molecule has 8 nitrogen and oxygen atoms in total. The molecule has 0 unspecified atom stereocenters. The number of carbonyl (C=O) groups excluding carboxylic acids is 3.